The van der Waals surface area contributed by atoms with Crippen LogP contribution in [0.2, 0.25) is 0 Å². The summed E-state index contributed by atoms with van der Waals surface area (Å²) in [5.74, 6) is 0.791. The van der Waals surface area contributed by atoms with Crippen molar-refractivity contribution in [3.8, 4) is 0 Å². The number of rotatable bonds is 5. The maximum Gasteiger partial charge on any atom is 0.257 e. The Balaban J connectivity index is 0.00000180. The molecule has 19 heavy (non-hydrogen) atoms. The minimum absolute atomic E-state index is 0. The predicted octanol–water partition coefficient (Wildman–Crippen LogP) is 2.22. The van der Waals surface area contributed by atoms with E-state index in [4.69, 9.17) is 0 Å². The van der Waals surface area contributed by atoms with Crippen LogP contribution < -0.4 is 5.32 Å². The van der Waals surface area contributed by atoms with Gasteiger partial charge in [-0.1, -0.05) is 0 Å². The second kappa shape index (κ2) is 6.51. The number of anilines is 1. The fourth-order valence-corrected chi connectivity index (χ4v) is 1.71. The van der Waals surface area contributed by atoms with Gasteiger partial charge in [-0.05, 0) is 6.92 Å². The molecule has 106 valence electrons. The number of aryl methyl sites for hydroxylation is 2. The maximum atomic E-state index is 12.1. The van der Waals surface area contributed by atoms with E-state index in [0.29, 0.717) is 6.54 Å². The molecule has 2 heterocycles. The SMILES string of the molecule is Cc1cn(C)nc1NCc1cnn(CC(F)F)c1.Cl. The van der Waals surface area contributed by atoms with Crippen LogP contribution in [0, 0.1) is 6.92 Å². The van der Waals surface area contributed by atoms with E-state index in [0.717, 1.165) is 16.9 Å². The molecule has 0 spiro atoms. The first kappa shape index (κ1) is 15.4. The number of nitrogens with zero attached hydrogens (tertiary/aromatic N) is 4. The summed E-state index contributed by atoms with van der Waals surface area (Å²) in [7, 11) is 1.85. The van der Waals surface area contributed by atoms with Crippen molar-refractivity contribution in [3.05, 3.63) is 29.7 Å². The third kappa shape index (κ3) is 4.20. The fraction of sp³-hybridized carbons (Fsp3) is 0.455. The van der Waals surface area contributed by atoms with Gasteiger partial charge in [-0.3, -0.25) is 9.36 Å². The number of hydrogen-bond donors (Lipinski definition) is 1. The van der Waals surface area contributed by atoms with Crippen LogP contribution in [-0.2, 0) is 20.1 Å². The summed E-state index contributed by atoms with van der Waals surface area (Å²) in [6.07, 6.45) is 2.71. The van der Waals surface area contributed by atoms with Crippen LogP contribution >= 0.6 is 12.4 Å². The Morgan fingerprint density at radius 1 is 1.37 bits per heavy atom. The van der Waals surface area contributed by atoms with Crippen molar-refractivity contribution in [2.75, 3.05) is 5.32 Å². The van der Waals surface area contributed by atoms with Gasteiger partial charge in [0.05, 0.1) is 6.20 Å². The molecule has 0 aliphatic carbocycles. The smallest absolute Gasteiger partial charge is 0.257 e. The Labute approximate surface area is 116 Å². The lowest BCUT2D eigenvalue weighted by Gasteiger charge is -2.01. The summed E-state index contributed by atoms with van der Waals surface area (Å²) in [5, 5.41) is 11.3. The summed E-state index contributed by atoms with van der Waals surface area (Å²) in [5.41, 5.74) is 1.89. The molecular formula is C11H16ClF2N5. The van der Waals surface area contributed by atoms with E-state index in [9.17, 15) is 8.78 Å². The van der Waals surface area contributed by atoms with Crippen molar-refractivity contribution >= 4 is 18.2 Å². The summed E-state index contributed by atoms with van der Waals surface area (Å²) < 4.78 is 27.3. The van der Waals surface area contributed by atoms with Gasteiger partial charge in [-0.25, -0.2) is 8.78 Å². The van der Waals surface area contributed by atoms with Gasteiger partial charge in [0.1, 0.15) is 6.54 Å². The van der Waals surface area contributed by atoms with Crippen molar-refractivity contribution in [1.29, 1.82) is 0 Å². The molecule has 0 aliphatic heterocycles. The molecule has 0 saturated heterocycles. The van der Waals surface area contributed by atoms with Gasteiger partial charge < -0.3 is 5.32 Å². The van der Waals surface area contributed by atoms with Gasteiger partial charge in [0.25, 0.3) is 6.43 Å². The Hall–Kier alpha value is -1.63. The molecule has 2 aromatic rings. The standard InChI is InChI=1S/C11H15F2N5.ClH/c1-8-5-17(2)16-11(8)14-3-9-4-15-18(6-9)7-10(12)13;/h4-6,10H,3,7H2,1-2H3,(H,14,16);1H. The normalized spacial score (nSPS) is 10.6. The van der Waals surface area contributed by atoms with Crippen molar-refractivity contribution in [2.45, 2.75) is 26.4 Å². The molecule has 0 fully saturated rings. The van der Waals surface area contributed by atoms with E-state index in [1.165, 1.54) is 4.68 Å². The van der Waals surface area contributed by atoms with E-state index in [-0.39, 0.29) is 19.0 Å². The van der Waals surface area contributed by atoms with E-state index >= 15 is 0 Å². The monoisotopic (exact) mass is 291 g/mol. The minimum Gasteiger partial charge on any atom is -0.364 e. The predicted molar refractivity (Wildman–Crippen MR) is 70.8 cm³/mol. The van der Waals surface area contributed by atoms with Gasteiger partial charge in [0.2, 0.25) is 0 Å². The molecule has 0 atom stereocenters. The van der Waals surface area contributed by atoms with Gasteiger partial charge in [-0.2, -0.15) is 10.2 Å². The minimum atomic E-state index is -2.39. The second-order valence-electron chi connectivity index (χ2n) is 4.15. The zero-order chi connectivity index (χ0) is 13.1. The summed E-state index contributed by atoms with van der Waals surface area (Å²) >= 11 is 0. The molecule has 8 heteroatoms. The highest BCUT2D eigenvalue weighted by Gasteiger charge is 2.07. The summed E-state index contributed by atoms with van der Waals surface area (Å²) in [6, 6.07) is 0. The average molecular weight is 292 g/mol. The molecule has 0 amide bonds. The zero-order valence-electron chi connectivity index (χ0n) is 10.7. The molecule has 2 aromatic heterocycles. The largest absolute Gasteiger partial charge is 0.364 e. The summed E-state index contributed by atoms with van der Waals surface area (Å²) in [6.45, 7) is 2.10. The Kier molecular flexibility index (Phi) is 5.29. The molecule has 0 saturated carbocycles. The first-order valence-corrected chi connectivity index (χ1v) is 5.58. The van der Waals surface area contributed by atoms with Crippen molar-refractivity contribution in [2.24, 2.45) is 7.05 Å². The molecule has 0 unspecified atom stereocenters. The lowest BCUT2D eigenvalue weighted by Crippen LogP contribution is -2.06. The lowest BCUT2D eigenvalue weighted by molar-refractivity contribution is 0.122. The first-order valence-electron chi connectivity index (χ1n) is 5.58. The van der Waals surface area contributed by atoms with Gasteiger partial charge in [-0.15, -0.1) is 12.4 Å². The van der Waals surface area contributed by atoms with E-state index in [2.05, 4.69) is 15.5 Å². The van der Waals surface area contributed by atoms with Crippen LogP contribution in [0.25, 0.3) is 0 Å². The van der Waals surface area contributed by atoms with Gasteiger partial charge in [0, 0.05) is 37.1 Å². The first-order chi connectivity index (χ1) is 8.54. The Bertz CT molecular complexity index is 523. The highest BCUT2D eigenvalue weighted by Crippen LogP contribution is 2.12. The average Bonchev–Trinajstić information content (AvgIpc) is 2.82. The molecule has 0 radical (unpaired) electrons. The molecular weight excluding hydrogens is 276 g/mol. The number of aromatic nitrogens is 4. The topological polar surface area (TPSA) is 47.7 Å². The maximum absolute atomic E-state index is 12.1. The van der Waals surface area contributed by atoms with Gasteiger partial charge in [0.15, 0.2) is 5.82 Å². The molecule has 5 nitrogen and oxygen atoms in total. The highest BCUT2D eigenvalue weighted by atomic mass is 35.5. The number of nitrogens with one attached hydrogen (secondary N) is 1. The van der Waals surface area contributed by atoms with E-state index < -0.39 is 6.43 Å². The lowest BCUT2D eigenvalue weighted by atomic mass is 10.3. The zero-order valence-corrected chi connectivity index (χ0v) is 11.5. The van der Waals surface area contributed by atoms with E-state index in [1.54, 1.807) is 17.1 Å². The third-order valence-corrected chi connectivity index (χ3v) is 2.48. The number of halogens is 3. The molecule has 0 aliphatic rings. The van der Waals surface area contributed by atoms with Crippen LogP contribution in [-0.4, -0.2) is 26.0 Å². The van der Waals surface area contributed by atoms with Crippen LogP contribution in [0.15, 0.2) is 18.6 Å². The third-order valence-electron chi connectivity index (χ3n) is 2.48. The molecule has 0 bridgehead atoms. The van der Waals surface area contributed by atoms with Crippen molar-refractivity contribution < 1.29 is 8.78 Å². The van der Waals surface area contributed by atoms with Crippen molar-refractivity contribution in [1.82, 2.24) is 19.6 Å². The van der Waals surface area contributed by atoms with Crippen molar-refractivity contribution in [3.63, 3.8) is 0 Å². The highest BCUT2D eigenvalue weighted by molar-refractivity contribution is 5.85. The Morgan fingerprint density at radius 3 is 2.68 bits per heavy atom. The van der Waals surface area contributed by atoms with Crippen LogP contribution in [0.5, 0.6) is 0 Å². The second-order valence-corrected chi connectivity index (χ2v) is 4.15. The van der Waals surface area contributed by atoms with Gasteiger partial charge >= 0.3 is 0 Å². The van der Waals surface area contributed by atoms with E-state index in [1.807, 2.05) is 20.2 Å². The number of alkyl halides is 2. The fourth-order valence-electron chi connectivity index (χ4n) is 1.71. The van der Waals surface area contributed by atoms with Crippen LogP contribution in [0.1, 0.15) is 11.1 Å². The summed E-state index contributed by atoms with van der Waals surface area (Å²) in [4.78, 5) is 0. The number of hydrogen-bond acceptors (Lipinski definition) is 3. The van der Waals surface area contributed by atoms with Crippen LogP contribution in [0.4, 0.5) is 14.6 Å². The molecule has 0 aromatic carbocycles. The van der Waals surface area contributed by atoms with Crippen LogP contribution in [0.3, 0.4) is 0 Å². The quantitative estimate of drug-likeness (QED) is 0.919. The Morgan fingerprint density at radius 2 is 2.11 bits per heavy atom. The molecule has 2 rings (SSSR count). The molecule has 1 N–H and O–H groups in total.